The van der Waals surface area contributed by atoms with Gasteiger partial charge in [-0.3, -0.25) is 25.0 Å². The van der Waals surface area contributed by atoms with Gasteiger partial charge in [-0.15, -0.1) is 22.7 Å². The second-order valence-corrected chi connectivity index (χ2v) is 7.40. The number of rotatable bonds is 5. The molecule has 0 aliphatic heterocycles. The van der Waals surface area contributed by atoms with Crippen LogP contribution in [0.15, 0.2) is 52.0 Å². The molecule has 3 aromatic heterocycles. The van der Waals surface area contributed by atoms with E-state index in [0.717, 1.165) is 9.88 Å². The Hall–Kier alpha value is -3.04. The van der Waals surface area contributed by atoms with Crippen molar-refractivity contribution < 1.29 is 4.79 Å². The smallest absolute Gasteiger partial charge is 0.277 e. The van der Waals surface area contributed by atoms with Gasteiger partial charge in [-0.05, 0) is 30.5 Å². The number of aromatic nitrogens is 3. The fourth-order valence-corrected chi connectivity index (χ4v) is 4.24. The van der Waals surface area contributed by atoms with Crippen LogP contribution in [0, 0.1) is 0 Å². The minimum atomic E-state index is -0.390. The van der Waals surface area contributed by atoms with Crippen LogP contribution in [0.25, 0.3) is 20.8 Å². The summed E-state index contributed by atoms with van der Waals surface area (Å²) in [5.41, 5.74) is 6.05. The zero-order valence-electron chi connectivity index (χ0n) is 14.3. The minimum Gasteiger partial charge on any atom is -0.277 e. The Kier molecular flexibility index (Phi) is 4.69. The first-order chi connectivity index (χ1) is 13.2. The van der Waals surface area contributed by atoms with Crippen LogP contribution in [0.5, 0.6) is 0 Å². The molecule has 4 rings (SSSR count). The summed E-state index contributed by atoms with van der Waals surface area (Å²) in [7, 11) is 0. The van der Waals surface area contributed by atoms with E-state index in [1.54, 1.807) is 34.9 Å². The third kappa shape index (κ3) is 3.34. The molecule has 136 valence electrons. The Bertz CT molecular complexity index is 1160. The van der Waals surface area contributed by atoms with Crippen LogP contribution in [0.4, 0.5) is 5.95 Å². The number of fused-ring (bicyclic) bond motifs is 1. The molecule has 0 fully saturated rings. The van der Waals surface area contributed by atoms with E-state index in [-0.39, 0.29) is 17.4 Å². The van der Waals surface area contributed by atoms with Crippen LogP contribution in [0.2, 0.25) is 0 Å². The largest absolute Gasteiger partial charge is 0.289 e. The molecule has 0 spiro atoms. The summed E-state index contributed by atoms with van der Waals surface area (Å²) in [6, 6.07) is 11.0. The highest BCUT2D eigenvalue weighted by Gasteiger charge is 2.14. The molecule has 0 aliphatic rings. The van der Waals surface area contributed by atoms with Crippen LogP contribution < -0.4 is 16.4 Å². The fourth-order valence-electron chi connectivity index (χ4n) is 2.62. The Morgan fingerprint density at radius 3 is 2.78 bits per heavy atom. The van der Waals surface area contributed by atoms with Gasteiger partial charge in [0.1, 0.15) is 10.7 Å². The van der Waals surface area contributed by atoms with Crippen molar-refractivity contribution in [3.63, 3.8) is 0 Å². The summed E-state index contributed by atoms with van der Waals surface area (Å²) in [5, 5.41) is 5.00. The lowest BCUT2D eigenvalue weighted by atomic mass is 10.2. The molecule has 27 heavy (non-hydrogen) atoms. The number of carbonyl (C=O) groups is 1. The quantitative estimate of drug-likeness (QED) is 0.504. The Balaban J connectivity index is 1.56. The van der Waals surface area contributed by atoms with Gasteiger partial charge in [0.05, 0.1) is 15.8 Å². The molecule has 1 amide bonds. The third-order valence-corrected chi connectivity index (χ3v) is 5.82. The maximum atomic E-state index is 12.6. The summed E-state index contributed by atoms with van der Waals surface area (Å²) in [4.78, 5) is 34.8. The monoisotopic (exact) mass is 397 g/mol. The molecule has 3 heterocycles. The number of carbonyl (C=O) groups excluding carboxylic acids is 1. The maximum absolute atomic E-state index is 12.6. The average Bonchev–Trinajstić information content (AvgIpc) is 3.37. The van der Waals surface area contributed by atoms with Gasteiger partial charge in [0.2, 0.25) is 5.95 Å². The van der Waals surface area contributed by atoms with Crippen LogP contribution >= 0.6 is 22.7 Å². The van der Waals surface area contributed by atoms with E-state index in [1.807, 2.05) is 30.5 Å². The molecule has 0 radical (unpaired) electrons. The fraction of sp³-hybridized carbons (Fsp3) is 0.111. The highest BCUT2D eigenvalue weighted by molar-refractivity contribution is 7.20. The van der Waals surface area contributed by atoms with Crippen molar-refractivity contribution in [1.29, 1.82) is 0 Å². The Morgan fingerprint density at radius 1 is 1.15 bits per heavy atom. The normalized spacial score (nSPS) is 10.9. The second kappa shape index (κ2) is 7.29. The van der Waals surface area contributed by atoms with E-state index >= 15 is 0 Å². The molecule has 7 nitrogen and oxygen atoms in total. The first-order valence-corrected chi connectivity index (χ1v) is 9.98. The molecule has 0 atom stereocenters. The van der Waals surface area contributed by atoms with E-state index in [4.69, 9.17) is 0 Å². The lowest BCUT2D eigenvalue weighted by molar-refractivity contribution is 0.0958. The maximum Gasteiger partial charge on any atom is 0.289 e. The van der Waals surface area contributed by atoms with Gasteiger partial charge in [0.25, 0.3) is 11.5 Å². The van der Waals surface area contributed by atoms with Crippen LogP contribution in [0.1, 0.15) is 17.4 Å². The van der Waals surface area contributed by atoms with E-state index < -0.39 is 0 Å². The molecule has 0 saturated heterocycles. The van der Waals surface area contributed by atoms with Crippen molar-refractivity contribution in [2.45, 2.75) is 13.5 Å². The van der Waals surface area contributed by atoms with Crippen LogP contribution in [0.3, 0.4) is 0 Å². The first kappa shape index (κ1) is 17.4. The van der Waals surface area contributed by atoms with E-state index in [1.165, 1.54) is 15.9 Å². The number of hydrogen-bond acceptors (Lipinski definition) is 7. The van der Waals surface area contributed by atoms with Gasteiger partial charge < -0.3 is 0 Å². The molecule has 0 aliphatic carbocycles. The zero-order chi connectivity index (χ0) is 18.8. The van der Waals surface area contributed by atoms with Crippen molar-refractivity contribution >= 4 is 45.4 Å². The first-order valence-electron chi connectivity index (χ1n) is 8.22. The van der Waals surface area contributed by atoms with E-state index in [2.05, 4.69) is 20.8 Å². The number of nitrogens with zero attached hydrogens (tertiary/aromatic N) is 3. The molecule has 2 N–H and O–H groups in total. The number of nitrogens with one attached hydrogen (secondary N) is 2. The predicted molar refractivity (Wildman–Crippen MR) is 108 cm³/mol. The highest BCUT2D eigenvalue weighted by Crippen LogP contribution is 2.27. The summed E-state index contributed by atoms with van der Waals surface area (Å²) < 4.78 is 1.47. The van der Waals surface area contributed by atoms with E-state index in [9.17, 15) is 9.59 Å². The number of hydrogen-bond donors (Lipinski definition) is 2. The van der Waals surface area contributed by atoms with Crippen molar-refractivity contribution in [1.82, 2.24) is 20.0 Å². The number of thiophene rings is 1. The van der Waals surface area contributed by atoms with E-state index in [0.29, 0.717) is 23.1 Å². The number of amides is 1. The molecular weight excluding hydrogens is 382 g/mol. The van der Waals surface area contributed by atoms with Crippen molar-refractivity contribution in [3.8, 4) is 9.88 Å². The molecule has 9 heteroatoms. The SMILES string of the molecule is CCn1c(NNC(=O)c2csc(-c3cccs3)n2)nc2ccccc2c1=O. The minimum absolute atomic E-state index is 0.159. The number of hydrazine groups is 1. The van der Waals surface area contributed by atoms with Gasteiger partial charge >= 0.3 is 0 Å². The zero-order valence-corrected chi connectivity index (χ0v) is 15.9. The van der Waals surface area contributed by atoms with Gasteiger partial charge in [-0.1, -0.05) is 18.2 Å². The Morgan fingerprint density at radius 2 is 2.00 bits per heavy atom. The van der Waals surface area contributed by atoms with Gasteiger partial charge in [0, 0.05) is 11.9 Å². The van der Waals surface area contributed by atoms with Gasteiger partial charge in [-0.25, -0.2) is 9.97 Å². The van der Waals surface area contributed by atoms with Crippen LogP contribution in [-0.2, 0) is 6.54 Å². The molecular formula is C18H15N5O2S2. The lowest BCUT2D eigenvalue weighted by Crippen LogP contribution is -2.34. The topological polar surface area (TPSA) is 88.9 Å². The average molecular weight is 397 g/mol. The summed E-state index contributed by atoms with van der Waals surface area (Å²) in [6.07, 6.45) is 0. The molecule has 0 saturated carbocycles. The number of para-hydroxylation sites is 1. The molecule has 1 aromatic carbocycles. The van der Waals surface area contributed by atoms with Crippen LogP contribution in [-0.4, -0.2) is 20.4 Å². The second-order valence-electron chi connectivity index (χ2n) is 5.60. The molecule has 0 unspecified atom stereocenters. The standard InChI is InChI=1S/C18H15N5O2S2/c1-2-23-17(25)11-6-3-4-7-12(11)20-18(23)22-21-15(24)13-10-27-16(19-13)14-8-5-9-26-14/h3-10H,2H2,1H3,(H,20,22)(H,21,24). The van der Waals surface area contributed by atoms with Crippen molar-refractivity contribution in [3.05, 3.63) is 63.2 Å². The number of benzene rings is 1. The van der Waals surface area contributed by atoms with Gasteiger partial charge in [-0.2, -0.15) is 0 Å². The van der Waals surface area contributed by atoms with Gasteiger partial charge in [0.15, 0.2) is 0 Å². The number of thiazole rings is 1. The summed E-state index contributed by atoms with van der Waals surface area (Å²) >= 11 is 2.98. The molecule has 0 bridgehead atoms. The number of anilines is 1. The highest BCUT2D eigenvalue weighted by atomic mass is 32.1. The molecule has 4 aromatic rings. The van der Waals surface area contributed by atoms with Crippen molar-refractivity contribution in [2.75, 3.05) is 5.43 Å². The summed E-state index contributed by atoms with van der Waals surface area (Å²) in [6.45, 7) is 2.27. The third-order valence-electron chi connectivity index (χ3n) is 3.93. The predicted octanol–water partition coefficient (Wildman–Crippen LogP) is 3.36. The summed E-state index contributed by atoms with van der Waals surface area (Å²) in [5.74, 6) is -0.109. The van der Waals surface area contributed by atoms with Crippen molar-refractivity contribution in [2.24, 2.45) is 0 Å². The Labute approximate surface area is 162 Å². The lowest BCUT2D eigenvalue weighted by Gasteiger charge is -2.13.